The Morgan fingerprint density at radius 3 is 2.35 bits per heavy atom. The smallest absolute Gasteiger partial charge is 0.0406 e. The zero-order valence-corrected chi connectivity index (χ0v) is 11.4. The number of halogens is 1. The van der Waals surface area contributed by atoms with Gasteiger partial charge in [0, 0.05) is 17.8 Å². The summed E-state index contributed by atoms with van der Waals surface area (Å²) in [4.78, 5) is 4.42. The highest BCUT2D eigenvalue weighted by molar-refractivity contribution is 6.30. The van der Waals surface area contributed by atoms with Crippen molar-refractivity contribution in [2.75, 3.05) is 6.54 Å². The van der Waals surface area contributed by atoms with Gasteiger partial charge in [0.1, 0.15) is 0 Å². The molecule has 0 radical (unpaired) electrons. The van der Waals surface area contributed by atoms with Crippen LogP contribution in [-0.2, 0) is 0 Å². The van der Waals surface area contributed by atoms with Crippen LogP contribution in [0.3, 0.4) is 0 Å². The van der Waals surface area contributed by atoms with Crippen LogP contribution in [0.25, 0.3) is 0 Å². The molecule has 0 heterocycles. The molecule has 0 saturated carbocycles. The van der Waals surface area contributed by atoms with Crippen molar-refractivity contribution in [1.82, 2.24) is 0 Å². The summed E-state index contributed by atoms with van der Waals surface area (Å²) in [7, 11) is 0. The maximum Gasteiger partial charge on any atom is 0.0406 e. The van der Waals surface area contributed by atoms with E-state index in [0.29, 0.717) is 0 Å². The molecule has 1 aromatic rings. The minimum absolute atomic E-state index is 0.776. The molecule has 1 nitrogen and oxygen atoms in total. The minimum Gasteiger partial charge on any atom is -0.293 e. The highest BCUT2D eigenvalue weighted by Crippen LogP contribution is 2.08. The summed E-state index contributed by atoms with van der Waals surface area (Å²) < 4.78 is 0. The highest BCUT2D eigenvalue weighted by atomic mass is 35.5. The SMILES string of the molecule is CCCCCCCCN=Cc1ccc(Cl)cc1. The van der Waals surface area contributed by atoms with Crippen molar-refractivity contribution in [3.05, 3.63) is 34.9 Å². The van der Waals surface area contributed by atoms with E-state index in [9.17, 15) is 0 Å². The fraction of sp³-hybridized carbons (Fsp3) is 0.533. The molecule has 1 rings (SSSR count). The Morgan fingerprint density at radius 1 is 1.00 bits per heavy atom. The number of unbranched alkanes of at least 4 members (excludes halogenated alkanes) is 5. The molecule has 0 aromatic heterocycles. The first-order valence-electron chi connectivity index (χ1n) is 6.58. The van der Waals surface area contributed by atoms with Gasteiger partial charge >= 0.3 is 0 Å². The van der Waals surface area contributed by atoms with Crippen LogP contribution in [-0.4, -0.2) is 12.8 Å². The van der Waals surface area contributed by atoms with Crippen LogP contribution in [0.1, 0.15) is 51.0 Å². The van der Waals surface area contributed by atoms with Crippen LogP contribution in [0.15, 0.2) is 29.3 Å². The lowest BCUT2D eigenvalue weighted by atomic mass is 10.1. The number of aliphatic imine (C=N–C) groups is 1. The molecule has 0 aliphatic heterocycles. The predicted octanol–water partition coefficient (Wildman–Crippen LogP) is 5.12. The number of rotatable bonds is 8. The van der Waals surface area contributed by atoms with Gasteiger partial charge in [-0.1, -0.05) is 62.8 Å². The third-order valence-corrected chi connectivity index (χ3v) is 3.00. The van der Waals surface area contributed by atoms with Gasteiger partial charge in [-0.05, 0) is 24.1 Å². The van der Waals surface area contributed by atoms with Crippen LogP contribution in [0.2, 0.25) is 5.02 Å². The van der Waals surface area contributed by atoms with Crippen molar-refractivity contribution in [2.45, 2.75) is 45.4 Å². The van der Waals surface area contributed by atoms with Gasteiger partial charge in [-0.15, -0.1) is 0 Å². The first-order valence-corrected chi connectivity index (χ1v) is 6.96. The average molecular weight is 252 g/mol. The fourth-order valence-corrected chi connectivity index (χ4v) is 1.83. The standard InChI is InChI=1S/C15H22ClN/c1-2-3-4-5-6-7-12-17-13-14-8-10-15(16)11-9-14/h8-11,13H,2-7,12H2,1H3. The molecule has 0 fully saturated rings. The summed E-state index contributed by atoms with van der Waals surface area (Å²) in [6.07, 6.45) is 9.85. The monoisotopic (exact) mass is 251 g/mol. The Bertz CT molecular complexity index is 316. The van der Waals surface area contributed by atoms with Gasteiger partial charge in [-0.3, -0.25) is 4.99 Å². The summed E-state index contributed by atoms with van der Waals surface area (Å²) in [5, 5.41) is 0.776. The van der Waals surface area contributed by atoms with Gasteiger partial charge in [-0.25, -0.2) is 0 Å². The molecule has 2 heteroatoms. The molecule has 0 spiro atoms. The predicted molar refractivity (Wildman–Crippen MR) is 77.3 cm³/mol. The quantitative estimate of drug-likeness (QED) is 0.449. The number of benzene rings is 1. The van der Waals surface area contributed by atoms with Crippen LogP contribution >= 0.6 is 11.6 Å². The van der Waals surface area contributed by atoms with Gasteiger partial charge < -0.3 is 0 Å². The molecule has 0 amide bonds. The maximum atomic E-state index is 5.81. The lowest BCUT2D eigenvalue weighted by Crippen LogP contribution is -1.86. The normalized spacial score (nSPS) is 11.2. The molecule has 0 bridgehead atoms. The Labute approximate surface area is 110 Å². The van der Waals surface area contributed by atoms with Gasteiger partial charge in [0.05, 0.1) is 0 Å². The molecule has 1 aromatic carbocycles. The van der Waals surface area contributed by atoms with Crippen molar-refractivity contribution in [3.8, 4) is 0 Å². The lowest BCUT2D eigenvalue weighted by Gasteiger charge is -1.98. The zero-order valence-electron chi connectivity index (χ0n) is 10.7. The largest absolute Gasteiger partial charge is 0.293 e. The van der Waals surface area contributed by atoms with Gasteiger partial charge in [0.2, 0.25) is 0 Å². The Morgan fingerprint density at radius 2 is 1.65 bits per heavy atom. The van der Waals surface area contributed by atoms with Crippen molar-refractivity contribution in [3.63, 3.8) is 0 Å². The number of nitrogens with zero attached hydrogens (tertiary/aromatic N) is 1. The molecule has 0 atom stereocenters. The Hall–Kier alpha value is -0.820. The van der Waals surface area contributed by atoms with Crippen LogP contribution in [0.5, 0.6) is 0 Å². The summed E-state index contributed by atoms with van der Waals surface area (Å²) in [6.45, 7) is 3.19. The molecule has 17 heavy (non-hydrogen) atoms. The Kier molecular flexibility index (Phi) is 7.74. The van der Waals surface area contributed by atoms with Crippen LogP contribution in [0.4, 0.5) is 0 Å². The van der Waals surface area contributed by atoms with Gasteiger partial charge in [0.25, 0.3) is 0 Å². The van der Waals surface area contributed by atoms with Crippen molar-refractivity contribution in [2.24, 2.45) is 4.99 Å². The summed E-state index contributed by atoms with van der Waals surface area (Å²) in [5.41, 5.74) is 1.13. The van der Waals surface area contributed by atoms with Crippen LogP contribution < -0.4 is 0 Å². The van der Waals surface area contributed by atoms with E-state index in [1.807, 2.05) is 30.5 Å². The zero-order chi connectivity index (χ0) is 12.3. The molecule has 0 aliphatic rings. The van der Waals surface area contributed by atoms with Crippen LogP contribution in [0, 0.1) is 0 Å². The molecule has 94 valence electrons. The third kappa shape index (κ3) is 7.17. The van der Waals surface area contributed by atoms with E-state index in [4.69, 9.17) is 11.6 Å². The van der Waals surface area contributed by atoms with E-state index in [0.717, 1.165) is 17.1 Å². The van der Waals surface area contributed by atoms with E-state index in [-0.39, 0.29) is 0 Å². The second-order valence-corrected chi connectivity index (χ2v) is 4.79. The molecular formula is C15H22ClN. The van der Waals surface area contributed by atoms with Gasteiger partial charge in [0.15, 0.2) is 0 Å². The summed E-state index contributed by atoms with van der Waals surface area (Å²) >= 11 is 5.81. The molecule has 0 unspecified atom stereocenters. The van der Waals surface area contributed by atoms with E-state index < -0.39 is 0 Å². The molecule has 0 aliphatic carbocycles. The minimum atomic E-state index is 0.776. The van der Waals surface area contributed by atoms with E-state index >= 15 is 0 Å². The van der Waals surface area contributed by atoms with E-state index in [2.05, 4.69) is 11.9 Å². The molecule has 0 N–H and O–H groups in total. The number of hydrogen-bond donors (Lipinski definition) is 0. The van der Waals surface area contributed by atoms with Crippen molar-refractivity contribution in [1.29, 1.82) is 0 Å². The lowest BCUT2D eigenvalue weighted by molar-refractivity contribution is 0.612. The topological polar surface area (TPSA) is 12.4 Å². The maximum absolute atomic E-state index is 5.81. The Balaban J connectivity index is 2.08. The summed E-state index contributed by atoms with van der Waals surface area (Å²) in [6, 6.07) is 7.78. The average Bonchev–Trinajstić information content (AvgIpc) is 2.35. The summed E-state index contributed by atoms with van der Waals surface area (Å²) in [5.74, 6) is 0. The second kappa shape index (κ2) is 9.23. The number of hydrogen-bond acceptors (Lipinski definition) is 1. The highest BCUT2D eigenvalue weighted by Gasteiger charge is 1.90. The fourth-order valence-electron chi connectivity index (χ4n) is 1.70. The van der Waals surface area contributed by atoms with E-state index in [1.54, 1.807) is 0 Å². The molecule has 0 saturated heterocycles. The molecular weight excluding hydrogens is 230 g/mol. The van der Waals surface area contributed by atoms with Crippen molar-refractivity contribution < 1.29 is 0 Å². The first kappa shape index (κ1) is 14.2. The second-order valence-electron chi connectivity index (χ2n) is 4.35. The van der Waals surface area contributed by atoms with E-state index in [1.165, 1.54) is 38.5 Å². The first-order chi connectivity index (χ1) is 8.33. The third-order valence-electron chi connectivity index (χ3n) is 2.75. The van der Waals surface area contributed by atoms with Crippen molar-refractivity contribution >= 4 is 17.8 Å². The van der Waals surface area contributed by atoms with Gasteiger partial charge in [-0.2, -0.15) is 0 Å².